The lowest BCUT2D eigenvalue weighted by Crippen LogP contribution is -2.27. The Balaban J connectivity index is 1.39. The molecule has 3 N–H and O–H groups in total. The highest BCUT2D eigenvalue weighted by molar-refractivity contribution is 7.13. The summed E-state index contributed by atoms with van der Waals surface area (Å²) in [5.41, 5.74) is 0.795. The highest BCUT2D eigenvalue weighted by atomic mass is 32.1. The van der Waals surface area contributed by atoms with Crippen molar-refractivity contribution in [3.05, 3.63) is 64.6 Å². The van der Waals surface area contributed by atoms with E-state index in [0.717, 1.165) is 5.69 Å². The standard InChI is InChI=1S/C22H23N9O3S/c1-12(28-19(32)13-7-17(26-10-24-13)29-16-5-6-34-31-16)21-23-9-14(35-21)20(33)30-18-8-15(22(2,3)4)25-11-27-18/h5-12H,1-4H3,(H,28,32)(H,24,26,29,31)(H,25,27,30,33). The van der Waals surface area contributed by atoms with E-state index >= 15 is 0 Å². The summed E-state index contributed by atoms with van der Waals surface area (Å²) in [6.45, 7) is 7.86. The Morgan fingerprint density at radius 3 is 2.49 bits per heavy atom. The van der Waals surface area contributed by atoms with Crippen LogP contribution >= 0.6 is 11.3 Å². The molecule has 4 aromatic rings. The Bertz CT molecular complexity index is 1330. The van der Waals surface area contributed by atoms with Gasteiger partial charge in [0.2, 0.25) is 0 Å². The zero-order chi connectivity index (χ0) is 25.0. The summed E-state index contributed by atoms with van der Waals surface area (Å²) in [7, 11) is 0. The van der Waals surface area contributed by atoms with Gasteiger partial charge in [0.25, 0.3) is 11.8 Å². The number of nitrogens with zero attached hydrogens (tertiary/aromatic N) is 6. The van der Waals surface area contributed by atoms with Crippen LogP contribution in [0.5, 0.6) is 0 Å². The van der Waals surface area contributed by atoms with Gasteiger partial charge >= 0.3 is 0 Å². The molecular weight excluding hydrogens is 470 g/mol. The van der Waals surface area contributed by atoms with E-state index in [1.165, 1.54) is 42.5 Å². The fourth-order valence-electron chi connectivity index (χ4n) is 2.90. The number of hydrogen-bond acceptors (Lipinski definition) is 11. The van der Waals surface area contributed by atoms with Crippen LogP contribution in [0, 0.1) is 0 Å². The molecule has 0 radical (unpaired) electrons. The molecule has 0 saturated carbocycles. The summed E-state index contributed by atoms with van der Waals surface area (Å²) in [6.07, 6.45) is 5.57. The summed E-state index contributed by atoms with van der Waals surface area (Å²) in [6, 6.07) is 4.40. The highest BCUT2D eigenvalue weighted by Gasteiger charge is 2.20. The smallest absolute Gasteiger partial charge is 0.270 e. The predicted octanol–water partition coefficient (Wildman–Crippen LogP) is 3.50. The Hall–Kier alpha value is -4.26. The zero-order valence-corrected chi connectivity index (χ0v) is 20.3. The van der Waals surface area contributed by atoms with Crippen LogP contribution < -0.4 is 16.0 Å². The van der Waals surface area contributed by atoms with E-state index in [0.29, 0.717) is 27.3 Å². The van der Waals surface area contributed by atoms with Crippen molar-refractivity contribution in [3.63, 3.8) is 0 Å². The molecule has 0 fully saturated rings. The van der Waals surface area contributed by atoms with Crippen molar-refractivity contribution in [3.8, 4) is 0 Å². The monoisotopic (exact) mass is 493 g/mol. The topological polar surface area (TPSA) is 161 Å². The Kier molecular flexibility index (Phi) is 6.78. The molecule has 4 rings (SSSR count). The summed E-state index contributed by atoms with van der Waals surface area (Å²) in [4.78, 5) is 46.5. The Labute approximate surface area is 204 Å². The van der Waals surface area contributed by atoms with Crippen LogP contribution in [0.15, 0.2) is 47.8 Å². The van der Waals surface area contributed by atoms with E-state index in [1.54, 1.807) is 19.1 Å². The summed E-state index contributed by atoms with van der Waals surface area (Å²) in [5.74, 6) is 0.489. The van der Waals surface area contributed by atoms with Crippen molar-refractivity contribution in [2.45, 2.75) is 39.2 Å². The molecule has 0 aliphatic carbocycles. The number of nitrogens with one attached hydrogen (secondary N) is 3. The van der Waals surface area contributed by atoms with Crippen molar-refractivity contribution >= 4 is 40.6 Å². The minimum atomic E-state index is -0.456. The van der Waals surface area contributed by atoms with Gasteiger partial charge in [-0.15, -0.1) is 11.3 Å². The SMILES string of the molecule is CC(NC(=O)c1cc(Nc2ccon2)ncn1)c1ncc(C(=O)Nc2cc(C(C)(C)C)ncn2)s1. The minimum Gasteiger partial charge on any atom is -0.363 e. The lowest BCUT2D eigenvalue weighted by molar-refractivity contribution is 0.0934. The van der Waals surface area contributed by atoms with E-state index in [-0.39, 0.29) is 17.0 Å². The number of carbonyl (C=O) groups excluding carboxylic acids is 2. The van der Waals surface area contributed by atoms with Crippen LogP contribution in [0.25, 0.3) is 0 Å². The molecule has 2 amide bonds. The van der Waals surface area contributed by atoms with Crippen molar-refractivity contribution in [1.29, 1.82) is 0 Å². The van der Waals surface area contributed by atoms with Gasteiger partial charge in [-0.1, -0.05) is 25.9 Å². The lowest BCUT2D eigenvalue weighted by atomic mass is 9.92. The van der Waals surface area contributed by atoms with E-state index < -0.39 is 11.9 Å². The van der Waals surface area contributed by atoms with Crippen LogP contribution in [0.1, 0.15) is 64.6 Å². The molecule has 35 heavy (non-hydrogen) atoms. The van der Waals surface area contributed by atoms with Crippen molar-refractivity contribution < 1.29 is 14.1 Å². The molecule has 0 spiro atoms. The Morgan fingerprint density at radius 2 is 1.74 bits per heavy atom. The second-order valence-corrected chi connectivity index (χ2v) is 9.61. The minimum absolute atomic E-state index is 0.158. The van der Waals surface area contributed by atoms with Gasteiger partial charge in [0.15, 0.2) is 5.82 Å². The third-order valence-corrected chi connectivity index (χ3v) is 5.91. The average Bonchev–Trinajstić information content (AvgIpc) is 3.51. The normalized spacial score (nSPS) is 12.1. The van der Waals surface area contributed by atoms with Gasteiger partial charge in [0.05, 0.1) is 17.9 Å². The van der Waals surface area contributed by atoms with Crippen LogP contribution in [-0.4, -0.2) is 41.9 Å². The molecule has 4 heterocycles. The molecule has 0 saturated heterocycles. The third kappa shape index (κ3) is 6.00. The van der Waals surface area contributed by atoms with Gasteiger partial charge in [-0.25, -0.2) is 24.9 Å². The molecule has 4 aromatic heterocycles. The molecule has 1 unspecified atom stereocenters. The molecule has 12 nitrogen and oxygen atoms in total. The first kappa shape index (κ1) is 23.9. The van der Waals surface area contributed by atoms with Crippen molar-refractivity contribution in [2.75, 3.05) is 10.6 Å². The lowest BCUT2D eigenvalue weighted by Gasteiger charge is -2.17. The first-order chi connectivity index (χ1) is 16.7. The maximum Gasteiger partial charge on any atom is 0.270 e. The van der Waals surface area contributed by atoms with Crippen LogP contribution in [0.4, 0.5) is 17.5 Å². The van der Waals surface area contributed by atoms with E-state index in [2.05, 4.69) is 46.0 Å². The van der Waals surface area contributed by atoms with Crippen molar-refractivity contribution in [2.24, 2.45) is 0 Å². The quantitative estimate of drug-likeness (QED) is 0.347. The fraction of sp³-hybridized carbons (Fsp3) is 0.273. The van der Waals surface area contributed by atoms with E-state index in [4.69, 9.17) is 4.52 Å². The molecule has 13 heteroatoms. The van der Waals surface area contributed by atoms with E-state index in [1.807, 2.05) is 20.8 Å². The fourth-order valence-corrected chi connectivity index (χ4v) is 3.71. The van der Waals surface area contributed by atoms with Gasteiger partial charge in [-0.2, -0.15) is 0 Å². The summed E-state index contributed by atoms with van der Waals surface area (Å²) in [5, 5.41) is 12.8. The molecule has 180 valence electrons. The number of amides is 2. The summed E-state index contributed by atoms with van der Waals surface area (Å²) >= 11 is 1.18. The predicted molar refractivity (Wildman–Crippen MR) is 128 cm³/mol. The number of thiazole rings is 1. The molecule has 0 aliphatic rings. The van der Waals surface area contributed by atoms with Gasteiger partial charge in [-0.05, 0) is 6.92 Å². The zero-order valence-electron chi connectivity index (χ0n) is 19.4. The highest BCUT2D eigenvalue weighted by Crippen LogP contribution is 2.23. The first-order valence-corrected chi connectivity index (χ1v) is 11.4. The number of rotatable bonds is 7. The van der Waals surface area contributed by atoms with Gasteiger partial charge in [0.1, 0.15) is 46.1 Å². The number of hydrogen-bond donors (Lipinski definition) is 3. The van der Waals surface area contributed by atoms with Crippen LogP contribution in [0.3, 0.4) is 0 Å². The van der Waals surface area contributed by atoms with Crippen LogP contribution in [-0.2, 0) is 5.41 Å². The molecule has 0 aliphatic heterocycles. The first-order valence-electron chi connectivity index (χ1n) is 10.6. The maximum absolute atomic E-state index is 12.7. The summed E-state index contributed by atoms with van der Waals surface area (Å²) < 4.78 is 4.76. The second kappa shape index (κ2) is 9.93. The van der Waals surface area contributed by atoms with Crippen LogP contribution in [0.2, 0.25) is 0 Å². The van der Waals surface area contributed by atoms with Crippen molar-refractivity contribution in [1.82, 2.24) is 35.4 Å². The third-order valence-electron chi connectivity index (χ3n) is 4.74. The van der Waals surface area contributed by atoms with Gasteiger partial charge in [-0.3, -0.25) is 9.59 Å². The number of aromatic nitrogens is 6. The second-order valence-electron chi connectivity index (χ2n) is 8.55. The maximum atomic E-state index is 12.7. The largest absolute Gasteiger partial charge is 0.363 e. The average molecular weight is 494 g/mol. The van der Waals surface area contributed by atoms with Gasteiger partial charge in [0, 0.05) is 23.6 Å². The number of anilines is 3. The molecular formula is C22H23N9O3S. The van der Waals surface area contributed by atoms with Gasteiger partial charge < -0.3 is 20.5 Å². The number of carbonyl (C=O) groups is 2. The molecule has 0 aromatic carbocycles. The molecule has 1 atom stereocenters. The molecule has 0 bridgehead atoms. The van der Waals surface area contributed by atoms with E-state index in [9.17, 15) is 9.59 Å². The Morgan fingerprint density at radius 1 is 0.971 bits per heavy atom.